The molecule has 0 fully saturated rings. The molecule has 0 unspecified atom stereocenters. The van der Waals surface area contributed by atoms with Crippen molar-refractivity contribution in [1.82, 2.24) is 10.3 Å². The molecule has 0 saturated heterocycles. The molecule has 2 rings (SSSR count). The summed E-state index contributed by atoms with van der Waals surface area (Å²) in [5.41, 5.74) is 1.12. The van der Waals surface area contributed by atoms with Crippen molar-refractivity contribution in [3.8, 4) is 11.5 Å². The summed E-state index contributed by atoms with van der Waals surface area (Å²) in [5.74, 6) is 3.03. The maximum atomic E-state index is 5.49. The van der Waals surface area contributed by atoms with Gasteiger partial charge in [-0.3, -0.25) is 0 Å². The lowest BCUT2D eigenvalue weighted by Gasteiger charge is -2.11. The molecule has 0 amide bonds. The third-order valence-electron chi connectivity index (χ3n) is 2.80. The summed E-state index contributed by atoms with van der Waals surface area (Å²) in [6.45, 7) is 5.77. The van der Waals surface area contributed by atoms with Gasteiger partial charge in [0.15, 0.2) is 11.5 Å². The second-order valence-electron chi connectivity index (χ2n) is 4.39. The van der Waals surface area contributed by atoms with E-state index in [0.717, 1.165) is 22.8 Å². The van der Waals surface area contributed by atoms with Crippen LogP contribution in [0.2, 0.25) is 0 Å². The van der Waals surface area contributed by atoms with Gasteiger partial charge in [0.05, 0.1) is 26.5 Å². The molecule has 2 aromatic rings. The number of hydrogen-bond donors (Lipinski definition) is 1. The van der Waals surface area contributed by atoms with Gasteiger partial charge in [0.2, 0.25) is 5.89 Å². The molecule has 0 aliphatic heterocycles. The van der Waals surface area contributed by atoms with Crippen molar-refractivity contribution in [2.24, 2.45) is 0 Å². The molecule has 0 spiro atoms. The van der Waals surface area contributed by atoms with Crippen molar-refractivity contribution < 1.29 is 13.9 Å². The molecule has 20 heavy (non-hydrogen) atoms. The zero-order chi connectivity index (χ0) is 14.4. The van der Waals surface area contributed by atoms with Crippen molar-refractivity contribution in [3.05, 3.63) is 41.6 Å². The number of nitrogens with zero attached hydrogens (tertiary/aromatic N) is 1. The summed E-state index contributed by atoms with van der Waals surface area (Å²) < 4.78 is 16.2. The third-order valence-corrected chi connectivity index (χ3v) is 2.80. The zero-order valence-corrected chi connectivity index (χ0v) is 12.1. The van der Waals surface area contributed by atoms with Gasteiger partial charge in [-0.1, -0.05) is 6.07 Å². The molecular weight excluding hydrogens is 256 g/mol. The van der Waals surface area contributed by atoms with Gasteiger partial charge in [0, 0.05) is 6.54 Å². The van der Waals surface area contributed by atoms with Gasteiger partial charge in [-0.2, -0.15) is 0 Å². The van der Waals surface area contributed by atoms with Crippen molar-refractivity contribution in [1.29, 1.82) is 0 Å². The van der Waals surface area contributed by atoms with Gasteiger partial charge >= 0.3 is 0 Å². The second kappa shape index (κ2) is 6.96. The fourth-order valence-corrected chi connectivity index (χ4v) is 1.89. The Labute approximate surface area is 118 Å². The van der Waals surface area contributed by atoms with Crippen molar-refractivity contribution in [2.75, 3.05) is 13.7 Å². The van der Waals surface area contributed by atoms with Crippen molar-refractivity contribution >= 4 is 0 Å². The van der Waals surface area contributed by atoms with Gasteiger partial charge in [0.1, 0.15) is 5.76 Å². The van der Waals surface area contributed by atoms with Crippen LogP contribution in [-0.4, -0.2) is 18.7 Å². The Hall–Kier alpha value is -2.01. The highest BCUT2D eigenvalue weighted by Gasteiger charge is 2.05. The van der Waals surface area contributed by atoms with E-state index in [4.69, 9.17) is 13.9 Å². The minimum atomic E-state index is 0.601. The molecule has 0 bridgehead atoms. The standard InChI is InChI=1S/C15H20N2O3/c1-4-19-13-6-5-12(7-14(13)18-3)9-16-10-15-17-8-11(2)20-15/h5-8,16H,4,9-10H2,1-3H3. The van der Waals surface area contributed by atoms with Crippen LogP contribution in [0, 0.1) is 6.92 Å². The average molecular weight is 276 g/mol. The van der Waals surface area contributed by atoms with E-state index < -0.39 is 0 Å². The predicted molar refractivity (Wildman–Crippen MR) is 75.9 cm³/mol. The van der Waals surface area contributed by atoms with Crippen LogP contribution >= 0.6 is 0 Å². The normalized spacial score (nSPS) is 10.6. The molecular formula is C15H20N2O3. The van der Waals surface area contributed by atoms with Crippen LogP contribution < -0.4 is 14.8 Å². The number of methoxy groups -OCH3 is 1. The largest absolute Gasteiger partial charge is 0.493 e. The van der Waals surface area contributed by atoms with E-state index in [1.807, 2.05) is 32.0 Å². The lowest BCUT2D eigenvalue weighted by Crippen LogP contribution is -2.13. The SMILES string of the molecule is CCOc1ccc(CNCc2ncc(C)o2)cc1OC. The monoisotopic (exact) mass is 276 g/mol. The summed E-state index contributed by atoms with van der Waals surface area (Å²) in [6.07, 6.45) is 1.72. The number of aryl methyl sites for hydroxylation is 1. The van der Waals surface area contributed by atoms with Crippen LogP contribution in [0.15, 0.2) is 28.8 Å². The van der Waals surface area contributed by atoms with Crippen LogP contribution in [0.5, 0.6) is 11.5 Å². The van der Waals surface area contributed by atoms with Gasteiger partial charge in [-0.15, -0.1) is 0 Å². The van der Waals surface area contributed by atoms with Gasteiger partial charge < -0.3 is 19.2 Å². The first-order chi connectivity index (χ1) is 9.72. The quantitative estimate of drug-likeness (QED) is 0.842. The fraction of sp³-hybridized carbons (Fsp3) is 0.400. The molecule has 5 nitrogen and oxygen atoms in total. The predicted octanol–water partition coefficient (Wildman–Crippen LogP) is 2.68. The Bertz CT molecular complexity index is 552. The van der Waals surface area contributed by atoms with Crippen LogP contribution in [0.1, 0.15) is 24.1 Å². The first-order valence-electron chi connectivity index (χ1n) is 6.64. The number of hydrogen-bond acceptors (Lipinski definition) is 5. The van der Waals surface area contributed by atoms with Gasteiger partial charge in [-0.25, -0.2) is 4.98 Å². The number of oxazole rings is 1. The lowest BCUT2D eigenvalue weighted by molar-refractivity contribution is 0.310. The molecule has 0 aliphatic carbocycles. The molecule has 0 radical (unpaired) electrons. The highest BCUT2D eigenvalue weighted by atomic mass is 16.5. The first-order valence-corrected chi connectivity index (χ1v) is 6.64. The van der Waals surface area contributed by atoms with E-state index in [1.54, 1.807) is 13.3 Å². The van der Waals surface area contributed by atoms with E-state index in [2.05, 4.69) is 10.3 Å². The number of rotatable bonds is 7. The Morgan fingerprint density at radius 2 is 2.10 bits per heavy atom. The number of ether oxygens (including phenoxy) is 2. The molecule has 1 aromatic heterocycles. The Morgan fingerprint density at radius 1 is 1.25 bits per heavy atom. The number of nitrogens with one attached hydrogen (secondary N) is 1. The number of benzene rings is 1. The summed E-state index contributed by atoms with van der Waals surface area (Å²) >= 11 is 0. The fourth-order valence-electron chi connectivity index (χ4n) is 1.89. The topological polar surface area (TPSA) is 56.5 Å². The van der Waals surface area contributed by atoms with Crippen molar-refractivity contribution in [2.45, 2.75) is 26.9 Å². The molecule has 5 heteroatoms. The summed E-state index contributed by atoms with van der Waals surface area (Å²) in [6, 6.07) is 5.91. The summed E-state index contributed by atoms with van der Waals surface area (Å²) in [4.78, 5) is 4.15. The molecule has 0 saturated carbocycles. The van der Waals surface area contributed by atoms with E-state index in [0.29, 0.717) is 25.6 Å². The van der Waals surface area contributed by atoms with Crippen LogP contribution in [-0.2, 0) is 13.1 Å². The Morgan fingerprint density at radius 3 is 2.75 bits per heavy atom. The Balaban J connectivity index is 1.92. The lowest BCUT2D eigenvalue weighted by atomic mass is 10.2. The maximum absolute atomic E-state index is 5.49. The van der Waals surface area contributed by atoms with Crippen LogP contribution in [0.25, 0.3) is 0 Å². The molecule has 0 aliphatic rings. The molecule has 1 aromatic carbocycles. The van der Waals surface area contributed by atoms with Gasteiger partial charge in [-0.05, 0) is 31.5 Å². The van der Waals surface area contributed by atoms with Crippen LogP contribution in [0.3, 0.4) is 0 Å². The molecule has 1 N–H and O–H groups in total. The average Bonchev–Trinajstić information content (AvgIpc) is 2.86. The number of aromatic nitrogens is 1. The summed E-state index contributed by atoms with van der Waals surface area (Å²) in [7, 11) is 1.64. The molecule has 1 heterocycles. The smallest absolute Gasteiger partial charge is 0.208 e. The minimum absolute atomic E-state index is 0.601. The highest BCUT2D eigenvalue weighted by Crippen LogP contribution is 2.27. The Kier molecular flexibility index (Phi) is 5.01. The van der Waals surface area contributed by atoms with Crippen molar-refractivity contribution in [3.63, 3.8) is 0 Å². The van der Waals surface area contributed by atoms with Gasteiger partial charge in [0.25, 0.3) is 0 Å². The third kappa shape index (κ3) is 3.74. The summed E-state index contributed by atoms with van der Waals surface area (Å²) in [5, 5.41) is 3.28. The first kappa shape index (κ1) is 14.4. The highest BCUT2D eigenvalue weighted by molar-refractivity contribution is 5.42. The van der Waals surface area contributed by atoms with E-state index >= 15 is 0 Å². The second-order valence-corrected chi connectivity index (χ2v) is 4.39. The maximum Gasteiger partial charge on any atom is 0.208 e. The van der Waals surface area contributed by atoms with E-state index in [1.165, 1.54) is 0 Å². The zero-order valence-electron chi connectivity index (χ0n) is 12.1. The van der Waals surface area contributed by atoms with E-state index in [-0.39, 0.29) is 0 Å². The molecule has 0 atom stereocenters. The molecule has 108 valence electrons. The van der Waals surface area contributed by atoms with Crippen LogP contribution in [0.4, 0.5) is 0 Å². The minimum Gasteiger partial charge on any atom is -0.493 e. The van der Waals surface area contributed by atoms with E-state index in [9.17, 15) is 0 Å².